The number of anilines is 1. The number of nitrogens with zero attached hydrogens (tertiary/aromatic N) is 2. The molecule has 3 nitrogen and oxygen atoms in total. The summed E-state index contributed by atoms with van der Waals surface area (Å²) in [4.78, 5) is 8.24. The predicted molar refractivity (Wildman–Crippen MR) is 68.5 cm³/mol. The molecule has 1 aromatic heterocycles. The van der Waals surface area contributed by atoms with Crippen LogP contribution in [0.4, 0.5) is 5.69 Å². The quantitative estimate of drug-likeness (QED) is 0.942. The summed E-state index contributed by atoms with van der Waals surface area (Å²) in [5, 5.41) is 3.88. The molecule has 0 saturated heterocycles. The Kier molecular flexibility index (Phi) is 3.74. The Morgan fingerprint density at radius 1 is 1.25 bits per heavy atom. The summed E-state index contributed by atoms with van der Waals surface area (Å²) in [6.07, 6.45) is 3.44. The second-order valence-electron chi connectivity index (χ2n) is 3.15. The van der Waals surface area contributed by atoms with Crippen LogP contribution in [0.25, 0.3) is 0 Å². The molecule has 0 unspecified atom stereocenters. The lowest BCUT2D eigenvalue weighted by molar-refractivity contribution is 0.948. The third-order valence-electron chi connectivity index (χ3n) is 1.99. The van der Waals surface area contributed by atoms with Crippen LogP contribution >= 0.6 is 27.5 Å². The molecule has 82 valence electrons. The fraction of sp³-hybridized carbons (Fsp3) is 0.0909. The maximum absolute atomic E-state index is 5.98. The second kappa shape index (κ2) is 5.27. The zero-order valence-corrected chi connectivity index (χ0v) is 10.7. The third kappa shape index (κ3) is 2.93. The molecule has 2 rings (SSSR count). The average Bonchev–Trinajstić information content (AvgIpc) is 2.32. The highest BCUT2D eigenvalue weighted by Gasteiger charge is 1.99. The van der Waals surface area contributed by atoms with Crippen LogP contribution in [-0.2, 0) is 6.54 Å². The Labute approximate surface area is 107 Å². The van der Waals surface area contributed by atoms with Crippen molar-refractivity contribution in [2.24, 2.45) is 0 Å². The summed E-state index contributed by atoms with van der Waals surface area (Å²) < 4.78 is 0.885. The fourth-order valence-electron chi connectivity index (χ4n) is 1.21. The highest BCUT2D eigenvalue weighted by Crippen LogP contribution is 2.25. The summed E-state index contributed by atoms with van der Waals surface area (Å²) in [6, 6.07) is 7.49. The molecule has 0 amide bonds. The van der Waals surface area contributed by atoms with Gasteiger partial charge in [-0.05, 0) is 40.2 Å². The summed E-state index contributed by atoms with van der Waals surface area (Å²) in [6.45, 7) is 0.582. The van der Waals surface area contributed by atoms with Gasteiger partial charge >= 0.3 is 0 Å². The number of aromatic nitrogens is 2. The van der Waals surface area contributed by atoms with Crippen LogP contribution < -0.4 is 5.32 Å². The van der Waals surface area contributed by atoms with E-state index < -0.39 is 0 Å². The molecule has 0 atom stereocenters. The Morgan fingerprint density at radius 2 is 2.00 bits per heavy atom. The van der Waals surface area contributed by atoms with E-state index in [0.29, 0.717) is 11.6 Å². The third-order valence-corrected chi connectivity index (χ3v) is 3.22. The second-order valence-corrected chi connectivity index (χ2v) is 4.41. The molecule has 1 heterocycles. The largest absolute Gasteiger partial charge is 0.378 e. The van der Waals surface area contributed by atoms with Crippen LogP contribution in [0, 0.1) is 0 Å². The van der Waals surface area contributed by atoms with Gasteiger partial charge < -0.3 is 5.32 Å². The molecule has 5 heteroatoms. The molecule has 0 spiro atoms. The SMILES string of the molecule is Clc1cc(NCc2ncccn2)ccc1Br. The van der Waals surface area contributed by atoms with E-state index in [9.17, 15) is 0 Å². The summed E-state index contributed by atoms with van der Waals surface area (Å²) >= 11 is 9.32. The Hall–Kier alpha value is -1.13. The lowest BCUT2D eigenvalue weighted by atomic mass is 10.3. The highest BCUT2D eigenvalue weighted by atomic mass is 79.9. The molecular weight excluding hydrogens is 289 g/mol. The molecule has 0 bridgehead atoms. The van der Waals surface area contributed by atoms with E-state index in [1.807, 2.05) is 18.2 Å². The smallest absolute Gasteiger partial charge is 0.147 e. The van der Waals surface area contributed by atoms with Gasteiger partial charge in [0.25, 0.3) is 0 Å². The lowest BCUT2D eigenvalue weighted by Gasteiger charge is -2.06. The van der Waals surface area contributed by atoms with Gasteiger partial charge in [0.15, 0.2) is 0 Å². The Balaban J connectivity index is 2.03. The standard InChI is InChI=1S/C11H9BrClN3/c12-9-3-2-8(6-10(9)13)16-7-11-14-4-1-5-15-11/h1-6,16H,7H2. The average molecular weight is 299 g/mol. The van der Waals surface area contributed by atoms with E-state index in [1.54, 1.807) is 18.5 Å². The summed E-state index contributed by atoms with van der Waals surface area (Å²) in [5.74, 6) is 0.751. The van der Waals surface area contributed by atoms with Crippen molar-refractivity contribution in [1.29, 1.82) is 0 Å². The molecular formula is C11H9BrClN3. The maximum Gasteiger partial charge on any atom is 0.147 e. The van der Waals surface area contributed by atoms with Crippen LogP contribution in [0.3, 0.4) is 0 Å². The van der Waals surface area contributed by atoms with Crippen LogP contribution in [0.15, 0.2) is 41.1 Å². The van der Waals surface area contributed by atoms with Gasteiger partial charge in [0.05, 0.1) is 11.6 Å². The van der Waals surface area contributed by atoms with Crippen molar-refractivity contribution < 1.29 is 0 Å². The van der Waals surface area contributed by atoms with E-state index >= 15 is 0 Å². The lowest BCUT2D eigenvalue weighted by Crippen LogP contribution is -2.03. The molecule has 0 aliphatic rings. The van der Waals surface area contributed by atoms with Crippen molar-refractivity contribution in [1.82, 2.24) is 9.97 Å². The van der Waals surface area contributed by atoms with Gasteiger partial charge in [0.2, 0.25) is 0 Å². The molecule has 0 aliphatic heterocycles. The minimum atomic E-state index is 0.582. The van der Waals surface area contributed by atoms with Gasteiger partial charge in [0.1, 0.15) is 5.82 Å². The monoisotopic (exact) mass is 297 g/mol. The first kappa shape index (κ1) is 11.4. The first-order valence-corrected chi connectivity index (χ1v) is 5.87. The molecule has 0 saturated carbocycles. The summed E-state index contributed by atoms with van der Waals surface area (Å²) in [7, 11) is 0. The topological polar surface area (TPSA) is 37.8 Å². The number of rotatable bonds is 3. The minimum Gasteiger partial charge on any atom is -0.378 e. The zero-order chi connectivity index (χ0) is 11.4. The van der Waals surface area contributed by atoms with Crippen molar-refractivity contribution in [2.45, 2.75) is 6.54 Å². The highest BCUT2D eigenvalue weighted by molar-refractivity contribution is 9.10. The maximum atomic E-state index is 5.98. The number of nitrogens with one attached hydrogen (secondary N) is 1. The van der Waals surface area contributed by atoms with Gasteiger partial charge in [-0.15, -0.1) is 0 Å². The van der Waals surface area contributed by atoms with Crippen LogP contribution in [0.5, 0.6) is 0 Å². The molecule has 1 aromatic carbocycles. The van der Waals surface area contributed by atoms with Gasteiger partial charge in [-0.3, -0.25) is 0 Å². The van der Waals surface area contributed by atoms with Crippen LogP contribution in [0.2, 0.25) is 5.02 Å². The van der Waals surface area contributed by atoms with Gasteiger partial charge in [0, 0.05) is 22.6 Å². The van der Waals surface area contributed by atoms with E-state index in [0.717, 1.165) is 16.0 Å². The molecule has 0 aliphatic carbocycles. The van der Waals surface area contributed by atoms with E-state index in [-0.39, 0.29) is 0 Å². The normalized spacial score (nSPS) is 10.1. The van der Waals surface area contributed by atoms with Crippen LogP contribution in [-0.4, -0.2) is 9.97 Å². The van der Waals surface area contributed by atoms with E-state index in [2.05, 4.69) is 31.2 Å². The van der Waals surface area contributed by atoms with E-state index in [1.165, 1.54) is 0 Å². The molecule has 1 N–H and O–H groups in total. The first-order valence-electron chi connectivity index (χ1n) is 4.70. The number of hydrogen-bond donors (Lipinski definition) is 1. The molecule has 0 fully saturated rings. The van der Waals surface area contributed by atoms with Gasteiger partial charge in [-0.1, -0.05) is 11.6 Å². The van der Waals surface area contributed by atoms with Crippen molar-refractivity contribution in [3.05, 3.63) is 52.0 Å². The fourth-order valence-corrected chi connectivity index (χ4v) is 1.64. The van der Waals surface area contributed by atoms with E-state index in [4.69, 9.17) is 11.6 Å². The number of benzene rings is 1. The molecule has 16 heavy (non-hydrogen) atoms. The van der Waals surface area contributed by atoms with Crippen molar-refractivity contribution >= 4 is 33.2 Å². The summed E-state index contributed by atoms with van der Waals surface area (Å²) in [5.41, 5.74) is 0.945. The number of halogens is 2. The van der Waals surface area contributed by atoms with Crippen molar-refractivity contribution in [2.75, 3.05) is 5.32 Å². The van der Waals surface area contributed by atoms with Gasteiger partial charge in [-0.2, -0.15) is 0 Å². The van der Waals surface area contributed by atoms with Gasteiger partial charge in [-0.25, -0.2) is 9.97 Å². The number of hydrogen-bond acceptors (Lipinski definition) is 3. The predicted octanol–water partition coefficient (Wildman–Crippen LogP) is 3.50. The molecule has 0 radical (unpaired) electrons. The minimum absolute atomic E-state index is 0.582. The Bertz CT molecular complexity index is 476. The van der Waals surface area contributed by atoms with Crippen LogP contribution in [0.1, 0.15) is 5.82 Å². The molecule has 2 aromatic rings. The first-order chi connectivity index (χ1) is 7.75. The Morgan fingerprint density at radius 3 is 2.69 bits per heavy atom. The zero-order valence-electron chi connectivity index (χ0n) is 8.32. The van der Waals surface area contributed by atoms with Crippen molar-refractivity contribution in [3.8, 4) is 0 Å². The van der Waals surface area contributed by atoms with Crippen molar-refractivity contribution in [3.63, 3.8) is 0 Å².